The van der Waals surface area contributed by atoms with E-state index in [9.17, 15) is 14.7 Å². The van der Waals surface area contributed by atoms with Gasteiger partial charge in [-0.15, -0.1) is 0 Å². The highest BCUT2D eigenvalue weighted by atomic mass is 16.4. The molecule has 6 heteroatoms. The zero-order chi connectivity index (χ0) is 14.2. The Hall–Kier alpha value is -2.34. The van der Waals surface area contributed by atoms with E-state index in [-0.39, 0.29) is 17.7 Å². The molecular weight excluding hydrogens is 250 g/mol. The predicted molar refractivity (Wildman–Crippen MR) is 65.7 cm³/mol. The monoisotopic (exact) mass is 263 g/mol. The summed E-state index contributed by atoms with van der Waals surface area (Å²) in [5, 5.41) is 27.4. The lowest BCUT2D eigenvalue weighted by molar-refractivity contribution is -0.141. The summed E-state index contributed by atoms with van der Waals surface area (Å²) in [6, 6.07) is 5.97. The van der Waals surface area contributed by atoms with E-state index >= 15 is 0 Å². The van der Waals surface area contributed by atoms with E-state index in [2.05, 4.69) is 0 Å². The van der Waals surface area contributed by atoms with Gasteiger partial charge in [0.1, 0.15) is 11.3 Å². The first-order chi connectivity index (χ1) is 8.83. The first-order valence-electron chi connectivity index (χ1n) is 5.61. The van der Waals surface area contributed by atoms with Crippen LogP contribution in [0.25, 0.3) is 0 Å². The van der Waals surface area contributed by atoms with Gasteiger partial charge in [-0.25, -0.2) is 9.59 Å². The molecule has 1 aromatic carbocycles. The summed E-state index contributed by atoms with van der Waals surface area (Å²) in [5.41, 5.74) is 4.61. The second kappa shape index (κ2) is 4.40. The number of nitrogens with two attached hydrogens (primary N) is 1. The SMILES string of the molecule is N[C@]1(C(=O)O)C=C(C(=O)O)[C@H](c2ccc(O)cc2)C1. The number of phenolic OH excluding ortho intramolecular Hbond substituents is 1. The number of carbonyl (C=O) groups is 2. The molecule has 0 radical (unpaired) electrons. The Morgan fingerprint density at radius 2 is 1.79 bits per heavy atom. The molecule has 0 amide bonds. The smallest absolute Gasteiger partial charge is 0.331 e. The van der Waals surface area contributed by atoms with Gasteiger partial charge in [0.25, 0.3) is 0 Å². The van der Waals surface area contributed by atoms with Gasteiger partial charge >= 0.3 is 11.9 Å². The molecule has 1 aliphatic rings. The third-order valence-electron chi connectivity index (χ3n) is 3.27. The number of carboxylic acid groups (broad SMARTS) is 2. The lowest BCUT2D eigenvalue weighted by Gasteiger charge is -2.18. The highest BCUT2D eigenvalue weighted by molar-refractivity contribution is 5.94. The molecule has 0 fully saturated rings. The average Bonchev–Trinajstić information content (AvgIpc) is 2.70. The van der Waals surface area contributed by atoms with Gasteiger partial charge in [0.15, 0.2) is 0 Å². The van der Waals surface area contributed by atoms with Crippen LogP contribution in [0.4, 0.5) is 0 Å². The Morgan fingerprint density at radius 1 is 1.21 bits per heavy atom. The Labute approximate surface area is 108 Å². The number of aromatic hydroxyl groups is 1. The molecule has 0 spiro atoms. The maximum absolute atomic E-state index is 11.2. The van der Waals surface area contributed by atoms with Crippen molar-refractivity contribution in [2.45, 2.75) is 17.9 Å². The number of benzene rings is 1. The van der Waals surface area contributed by atoms with Crippen LogP contribution in [0.3, 0.4) is 0 Å². The molecule has 0 heterocycles. The Kier molecular flexibility index (Phi) is 3.03. The molecule has 0 unspecified atom stereocenters. The van der Waals surface area contributed by atoms with Gasteiger partial charge in [0.2, 0.25) is 0 Å². The van der Waals surface area contributed by atoms with E-state index in [1.165, 1.54) is 12.1 Å². The minimum Gasteiger partial charge on any atom is -0.508 e. The van der Waals surface area contributed by atoms with Crippen molar-refractivity contribution in [3.63, 3.8) is 0 Å². The van der Waals surface area contributed by atoms with Crippen molar-refractivity contribution in [3.8, 4) is 5.75 Å². The zero-order valence-electron chi connectivity index (χ0n) is 9.91. The number of phenols is 1. The number of rotatable bonds is 3. The Bertz CT molecular complexity index is 563. The second-order valence-corrected chi connectivity index (χ2v) is 4.60. The lowest BCUT2D eigenvalue weighted by Crippen LogP contribution is -2.44. The van der Waals surface area contributed by atoms with Gasteiger partial charge < -0.3 is 21.1 Å². The van der Waals surface area contributed by atoms with E-state index in [4.69, 9.17) is 15.9 Å². The fourth-order valence-electron chi connectivity index (χ4n) is 2.25. The van der Waals surface area contributed by atoms with E-state index < -0.39 is 23.4 Å². The molecule has 2 rings (SSSR count). The summed E-state index contributed by atoms with van der Waals surface area (Å²) < 4.78 is 0. The highest BCUT2D eigenvalue weighted by Gasteiger charge is 2.44. The van der Waals surface area contributed by atoms with Crippen LogP contribution in [-0.2, 0) is 9.59 Å². The van der Waals surface area contributed by atoms with Crippen molar-refractivity contribution in [1.29, 1.82) is 0 Å². The van der Waals surface area contributed by atoms with Crippen molar-refractivity contribution >= 4 is 11.9 Å². The quantitative estimate of drug-likeness (QED) is 0.636. The fourth-order valence-corrected chi connectivity index (χ4v) is 2.25. The molecule has 19 heavy (non-hydrogen) atoms. The van der Waals surface area contributed by atoms with Crippen molar-refractivity contribution in [2.75, 3.05) is 0 Å². The van der Waals surface area contributed by atoms with E-state index in [1.54, 1.807) is 12.1 Å². The topological polar surface area (TPSA) is 121 Å². The van der Waals surface area contributed by atoms with Crippen LogP contribution < -0.4 is 5.73 Å². The third kappa shape index (κ3) is 2.30. The molecule has 2 atom stereocenters. The van der Waals surface area contributed by atoms with E-state index in [0.717, 1.165) is 6.08 Å². The van der Waals surface area contributed by atoms with E-state index in [0.29, 0.717) is 5.56 Å². The van der Waals surface area contributed by atoms with Gasteiger partial charge in [-0.2, -0.15) is 0 Å². The summed E-state index contributed by atoms with van der Waals surface area (Å²) in [5.74, 6) is -2.99. The second-order valence-electron chi connectivity index (χ2n) is 4.60. The molecule has 100 valence electrons. The first kappa shape index (κ1) is 13.1. The normalized spacial score (nSPS) is 25.9. The van der Waals surface area contributed by atoms with Gasteiger partial charge in [0.05, 0.1) is 0 Å². The van der Waals surface area contributed by atoms with E-state index in [1.807, 2.05) is 0 Å². The third-order valence-corrected chi connectivity index (χ3v) is 3.27. The average molecular weight is 263 g/mol. The largest absolute Gasteiger partial charge is 0.508 e. The summed E-state index contributed by atoms with van der Waals surface area (Å²) in [4.78, 5) is 22.3. The Morgan fingerprint density at radius 3 is 2.26 bits per heavy atom. The molecule has 6 nitrogen and oxygen atoms in total. The molecule has 0 saturated heterocycles. The zero-order valence-corrected chi connectivity index (χ0v) is 9.91. The molecule has 1 aliphatic carbocycles. The number of hydrogen-bond donors (Lipinski definition) is 4. The van der Waals surface area contributed by atoms with Crippen molar-refractivity contribution < 1.29 is 24.9 Å². The minimum absolute atomic E-state index is 0.0191. The molecule has 5 N–H and O–H groups in total. The van der Waals surface area contributed by atoms with Crippen LogP contribution in [0, 0.1) is 0 Å². The van der Waals surface area contributed by atoms with Crippen LogP contribution >= 0.6 is 0 Å². The minimum atomic E-state index is -1.67. The maximum atomic E-state index is 11.2. The Balaban J connectivity index is 2.42. The summed E-state index contributed by atoms with van der Waals surface area (Å²) >= 11 is 0. The first-order valence-corrected chi connectivity index (χ1v) is 5.61. The summed E-state index contributed by atoms with van der Waals surface area (Å²) in [6.45, 7) is 0. The number of hydrogen-bond acceptors (Lipinski definition) is 4. The van der Waals surface area contributed by atoms with Crippen LogP contribution in [0.1, 0.15) is 17.9 Å². The molecule has 1 aromatic rings. The standard InChI is InChI=1S/C13H13NO5/c14-13(12(18)19)5-9(10(6-13)11(16)17)7-1-3-8(15)4-2-7/h1-4,6,9,15H,5,14H2,(H,16,17)(H,18,19)/t9-,13-/m0/s1. The number of carboxylic acids is 2. The van der Waals surface area contributed by atoms with Gasteiger partial charge in [-0.3, -0.25) is 0 Å². The predicted octanol–water partition coefficient (Wildman–Crippen LogP) is 0.673. The molecule has 0 saturated carbocycles. The van der Waals surface area contributed by atoms with Crippen molar-refractivity contribution in [3.05, 3.63) is 41.5 Å². The van der Waals surface area contributed by atoms with Crippen molar-refractivity contribution in [1.82, 2.24) is 0 Å². The maximum Gasteiger partial charge on any atom is 0.331 e. The fraction of sp³-hybridized carbons (Fsp3) is 0.231. The molecule has 0 aromatic heterocycles. The number of aliphatic carboxylic acids is 2. The van der Waals surface area contributed by atoms with Crippen molar-refractivity contribution in [2.24, 2.45) is 5.73 Å². The van der Waals surface area contributed by atoms with Gasteiger partial charge in [-0.05, 0) is 30.2 Å². The van der Waals surface area contributed by atoms with Crippen LogP contribution in [0.2, 0.25) is 0 Å². The van der Waals surface area contributed by atoms with Crippen LogP contribution in [0.15, 0.2) is 35.9 Å². The van der Waals surface area contributed by atoms with Crippen LogP contribution in [-0.4, -0.2) is 32.8 Å². The lowest BCUT2D eigenvalue weighted by atomic mass is 9.89. The van der Waals surface area contributed by atoms with Gasteiger partial charge in [-0.1, -0.05) is 12.1 Å². The summed E-state index contributed by atoms with van der Waals surface area (Å²) in [7, 11) is 0. The molecular formula is C13H13NO5. The summed E-state index contributed by atoms with van der Waals surface area (Å²) in [6.07, 6.45) is 1.07. The molecule has 0 aliphatic heterocycles. The van der Waals surface area contributed by atoms with Gasteiger partial charge in [0, 0.05) is 11.5 Å². The molecule has 0 bridgehead atoms. The highest BCUT2D eigenvalue weighted by Crippen LogP contribution is 2.40. The van der Waals surface area contributed by atoms with Crippen LogP contribution in [0.5, 0.6) is 5.75 Å².